The number of carbonyl (C=O) groups is 2. The highest BCUT2D eigenvalue weighted by Crippen LogP contribution is 2.33. The van der Waals surface area contributed by atoms with Gasteiger partial charge >= 0.3 is 11.9 Å². The van der Waals surface area contributed by atoms with E-state index in [0.717, 1.165) is 19.3 Å². The summed E-state index contributed by atoms with van der Waals surface area (Å²) < 4.78 is 5.01. The first-order valence-corrected chi connectivity index (χ1v) is 8.45. The number of hydrogen-bond donors (Lipinski definition) is 1. The van der Waals surface area contributed by atoms with Gasteiger partial charge in [0.15, 0.2) is 5.41 Å². The average Bonchev–Trinajstić information content (AvgIpc) is 2.45. The molecular weight excluding hydrogens is 268 g/mol. The van der Waals surface area contributed by atoms with E-state index in [-0.39, 0.29) is 6.61 Å². The Kier molecular flexibility index (Phi) is 11.0. The molecule has 0 fully saturated rings. The fourth-order valence-electron chi connectivity index (χ4n) is 2.71. The van der Waals surface area contributed by atoms with Gasteiger partial charge in [-0.05, 0) is 19.8 Å². The van der Waals surface area contributed by atoms with Crippen molar-refractivity contribution in [1.29, 1.82) is 0 Å². The highest BCUT2D eigenvalue weighted by molar-refractivity contribution is 5.99. The van der Waals surface area contributed by atoms with E-state index in [0.29, 0.717) is 19.3 Å². The van der Waals surface area contributed by atoms with Crippen molar-refractivity contribution in [2.75, 3.05) is 6.61 Å². The molecule has 0 rings (SSSR count). The highest BCUT2D eigenvalue weighted by Gasteiger charge is 2.46. The summed E-state index contributed by atoms with van der Waals surface area (Å²) in [6, 6.07) is 0. The SMILES string of the molecule is CCCCCCCCCC(CCC)(C(=O)O)C(=O)OCC. The Hall–Kier alpha value is -1.06. The minimum atomic E-state index is -1.34. The lowest BCUT2D eigenvalue weighted by Crippen LogP contribution is -2.40. The van der Waals surface area contributed by atoms with Crippen LogP contribution < -0.4 is 0 Å². The molecule has 0 heterocycles. The Morgan fingerprint density at radius 2 is 1.43 bits per heavy atom. The Bertz CT molecular complexity index is 301. The molecule has 1 unspecified atom stereocenters. The van der Waals surface area contributed by atoms with Crippen LogP contribution in [0.3, 0.4) is 0 Å². The number of ether oxygens (including phenoxy) is 1. The number of esters is 1. The van der Waals surface area contributed by atoms with Crippen molar-refractivity contribution in [1.82, 2.24) is 0 Å². The molecule has 0 spiro atoms. The minimum absolute atomic E-state index is 0.231. The highest BCUT2D eigenvalue weighted by atomic mass is 16.5. The molecule has 0 aliphatic heterocycles. The summed E-state index contributed by atoms with van der Waals surface area (Å²) in [5.74, 6) is -1.60. The van der Waals surface area contributed by atoms with Gasteiger partial charge in [0.25, 0.3) is 0 Å². The molecule has 0 aliphatic rings. The Labute approximate surface area is 129 Å². The third-order valence-corrected chi connectivity index (χ3v) is 3.96. The Morgan fingerprint density at radius 3 is 1.90 bits per heavy atom. The minimum Gasteiger partial charge on any atom is -0.480 e. The summed E-state index contributed by atoms with van der Waals surface area (Å²) in [6.07, 6.45) is 9.22. The summed E-state index contributed by atoms with van der Waals surface area (Å²) >= 11 is 0. The van der Waals surface area contributed by atoms with Crippen molar-refractivity contribution >= 4 is 11.9 Å². The molecule has 4 nitrogen and oxygen atoms in total. The molecule has 1 atom stereocenters. The molecule has 0 saturated carbocycles. The van der Waals surface area contributed by atoms with Crippen LogP contribution in [-0.4, -0.2) is 23.7 Å². The second-order valence-electron chi connectivity index (χ2n) is 5.73. The van der Waals surface area contributed by atoms with Crippen LogP contribution in [0.15, 0.2) is 0 Å². The van der Waals surface area contributed by atoms with Crippen LogP contribution in [0.4, 0.5) is 0 Å². The van der Waals surface area contributed by atoms with Gasteiger partial charge in [0.2, 0.25) is 0 Å². The standard InChI is InChI=1S/C17H32O4/c1-4-7-8-9-10-11-12-14-17(13-5-2,15(18)19)16(20)21-6-3/h4-14H2,1-3H3,(H,18,19). The summed E-state index contributed by atoms with van der Waals surface area (Å²) in [5.41, 5.74) is -1.34. The van der Waals surface area contributed by atoms with Gasteiger partial charge in [-0.3, -0.25) is 9.59 Å². The molecule has 4 heteroatoms. The smallest absolute Gasteiger partial charge is 0.323 e. The first kappa shape index (κ1) is 19.9. The van der Waals surface area contributed by atoms with E-state index in [1.807, 2.05) is 6.92 Å². The van der Waals surface area contributed by atoms with E-state index in [1.54, 1.807) is 6.92 Å². The maximum Gasteiger partial charge on any atom is 0.323 e. The van der Waals surface area contributed by atoms with E-state index < -0.39 is 17.4 Å². The molecule has 0 saturated heterocycles. The molecule has 0 aromatic heterocycles. The molecule has 0 aromatic rings. The summed E-state index contributed by atoms with van der Waals surface area (Å²) in [4.78, 5) is 23.7. The van der Waals surface area contributed by atoms with Crippen LogP contribution in [0.2, 0.25) is 0 Å². The van der Waals surface area contributed by atoms with Crippen LogP contribution in [0, 0.1) is 5.41 Å². The molecule has 1 N–H and O–H groups in total. The third-order valence-electron chi connectivity index (χ3n) is 3.96. The van der Waals surface area contributed by atoms with Crippen molar-refractivity contribution in [3.05, 3.63) is 0 Å². The average molecular weight is 300 g/mol. The van der Waals surface area contributed by atoms with E-state index in [4.69, 9.17) is 4.74 Å². The number of unbranched alkanes of at least 4 members (excludes halogenated alkanes) is 6. The second kappa shape index (κ2) is 11.6. The van der Waals surface area contributed by atoms with Gasteiger partial charge < -0.3 is 9.84 Å². The number of carboxylic acids is 1. The van der Waals surface area contributed by atoms with E-state index >= 15 is 0 Å². The molecule has 124 valence electrons. The lowest BCUT2D eigenvalue weighted by atomic mass is 9.78. The molecule has 0 amide bonds. The van der Waals surface area contributed by atoms with Gasteiger partial charge in [-0.25, -0.2) is 0 Å². The van der Waals surface area contributed by atoms with Crippen LogP contribution in [-0.2, 0) is 14.3 Å². The van der Waals surface area contributed by atoms with E-state index in [2.05, 4.69) is 6.92 Å². The van der Waals surface area contributed by atoms with Gasteiger partial charge in [-0.2, -0.15) is 0 Å². The predicted molar refractivity (Wildman–Crippen MR) is 84.2 cm³/mol. The molecule has 21 heavy (non-hydrogen) atoms. The summed E-state index contributed by atoms with van der Waals surface area (Å²) in [5, 5.41) is 9.52. The normalized spacial score (nSPS) is 13.7. The van der Waals surface area contributed by atoms with Crippen molar-refractivity contribution in [3.63, 3.8) is 0 Å². The van der Waals surface area contributed by atoms with Crippen LogP contribution in [0.25, 0.3) is 0 Å². The van der Waals surface area contributed by atoms with Gasteiger partial charge in [0.1, 0.15) is 0 Å². The fourth-order valence-corrected chi connectivity index (χ4v) is 2.71. The first-order chi connectivity index (χ1) is 10.0. The lowest BCUT2D eigenvalue weighted by molar-refractivity contribution is -0.170. The maximum absolute atomic E-state index is 12.1. The maximum atomic E-state index is 12.1. The fraction of sp³-hybridized carbons (Fsp3) is 0.882. The molecule has 0 aliphatic carbocycles. The second-order valence-corrected chi connectivity index (χ2v) is 5.73. The zero-order chi connectivity index (χ0) is 16.1. The Balaban J connectivity index is 4.40. The van der Waals surface area contributed by atoms with Gasteiger partial charge in [0.05, 0.1) is 6.61 Å². The lowest BCUT2D eigenvalue weighted by Gasteiger charge is -2.26. The Morgan fingerprint density at radius 1 is 0.857 bits per heavy atom. The van der Waals surface area contributed by atoms with Crippen molar-refractivity contribution in [2.45, 2.75) is 85.0 Å². The zero-order valence-electron chi connectivity index (χ0n) is 14.0. The van der Waals surface area contributed by atoms with E-state index in [1.165, 1.54) is 25.7 Å². The monoisotopic (exact) mass is 300 g/mol. The van der Waals surface area contributed by atoms with Crippen molar-refractivity contribution in [2.24, 2.45) is 5.41 Å². The summed E-state index contributed by atoms with van der Waals surface area (Å²) in [6.45, 7) is 6.03. The molecule has 0 bridgehead atoms. The number of carbonyl (C=O) groups excluding carboxylic acids is 1. The van der Waals surface area contributed by atoms with Crippen LogP contribution in [0.5, 0.6) is 0 Å². The topological polar surface area (TPSA) is 63.6 Å². The van der Waals surface area contributed by atoms with Crippen LogP contribution >= 0.6 is 0 Å². The van der Waals surface area contributed by atoms with Crippen molar-refractivity contribution in [3.8, 4) is 0 Å². The zero-order valence-corrected chi connectivity index (χ0v) is 14.0. The van der Waals surface area contributed by atoms with E-state index in [9.17, 15) is 14.7 Å². The summed E-state index contributed by atoms with van der Waals surface area (Å²) in [7, 11) is 0. The molecular formula is C17H32O4. The largest absolute Gasteiger partial charge is 0.480 e. The van der Waals surface area contributed by atoms with Crippen molar-refractivity contribution < 1.29 is 19.4 Å². The quantitative estimate of drug-likeness (QED) is 0.307. The van der Waals surface area contributed by atoms with Gasteiger partial charge in [0, 0.05) is 0 Å². The number of hydrogen-bond acceptors (Lipinski definition) is 3. The van der Waals surface area contributed by atoms with Gasteiger partial charge in [-0.15, -0.1) is 0 Å². The van der Waals surface area contributed by atoms with Gasteiger partial charge in [-0.1, -0.05) is 65.2 Å². The number of rotatable bonds is 13. The number of carboxylic acid groups (broad SMARTS) is 1. The predicted octanol–water partition coefficient (Wildman–Crippen LogP) is 4.56. The number of aliphatic carboxylic acids is 1. The van der Waals surface area contributed by atoms with Crippen LogP contribution in [0.1, 0.15) is 85.0 Å². The third kappa shape index (κ3) is 6.96. The molecule has 0 aromatic carbocycles. The first-order valence-electron chi connectivity index (χ1n) is 8.45. The molecule has 0 radical (unpaired) electrons.